The lowest BCUT2D eigenvalue weighted by atomic mass is 9.91. The Morgan fingerprint density at radius 1 is 1.38 bits per heavy atom. The molecule has 21 heavy (non-hydrogen) atoms. The van der Waals surface area contributed by atoms with Crippen molar-refractivity contribution in [3.05, 3.63) is 21.4 Å². The van der Waals surface area contributed by atoms with Crippen LogP contribution < -0.4 is 0 Å². The second kappa shape index (κ2) is 7.41. The number of hydrogen-bond donors (Lipinski definition) is 1. The van der Waals surface area contributed by atoms with Crippen molar-refractivity contribution in [3.63, 3.8) is 0 Å². The van der Waals surface area contributed by atoms with Crippen LogP contribution in [0, 0.1) is 0 Å². The van der Waals surface area contributed by atoms with Gasteiger partial charge in [-0.15, -0.1) is 11.3 Å². The van der Waals surface area contributed by atoms with Crippen LogP contribution in [0.4, 0.5) is 0 Å². The van der Waals surface area contributed by atoms with Gasteiger partial charge in [0.05, 0.1) is 17.0 Å². The zero-order valence-electron chi connectivity index (χ0n) is 13.4. The first kappa shape index (κ1) is 16.5. The van der Waals surface area contributed by atoms with E-state index in [1.807, 2.05) is 7.05 Å². The number of aliphatic hydroxyl groups is 1. The Morgan fingerprint density at radius 3 is 2.71 bits per heavy atom. The standard InChI is InChI=1S/C17H27NO2S/c1-4-8-15-12(5-2)11-16(21-15)17(20)18(3)13-9-6-7-10-14(13)19/h11,13-14,19H,4-10H2,1-3H3. The van der Waals surface area contributed by atoms with Gasteiger partial charge in [-0.25, -0.2) is 0 Å². The molecule has 0 radical (unpaired) electrons. The highest BCUT2D eigenvalue weighted by molar-refractivity contribution is 7.14. The van der Waals surface area contributed by atoms with E-state index in [1.54, 1.807) is 16.2 Å². The van der Waals surface area contributed by atoms with Crippen LogP contribution in [0.3, 0.4) is 0 Å². The molecule has 2 rings (SSSR count). The minimum atomic E-state index is -0.367. The van der Waals surface area contributed by atoms with Crippen molar-refractivity contribution in [2.75, 3.05) is 7.05 Å². The van der Waals surface area contributed by atoms with Crippen molar-refractivity contribution in [1.29, 1.82) is 0 Å². The van der Waals surface area contributed by atoms with Gasteiger partial charge in [-0.2, -0.15) is 0 Å². The van der Waals surface area contributed by atoms with Crippen molar-refractivity contribution in [1.82, 2.24) is 4.90 Å². The Morgan fingerprint density at radius 2 is 2.10 bits per heavy atom. The van der Waals surface area contributed by atoms with Gasteiger partial charge in [0.15, 0.2) is 0 Å². The molecule has 1 N–H and O–H groups in total. The number of hydrogen-bond acceptors (Lipinski definition) is 3. The zero-order valence-corrected chi connectivity index (χ0v) is 14.2. The molecule has 1 amide bonds. The molecule has 0 aromatic carbocycles. The third kappa shape index (κ3) is 3.67. The number of aryl methyl sites for hydroxylation is 2. The number of carbonyl (C=O) groups excluding carboxylic acids is 1. The van der Waals surface area contributed by atoms with Crippen LogP contribution in [0.15, 0.2) is 6.07 Å². The molecule has 1 saturated carbocycles. The fraction of sp³-hybridized carbons (Fsp3) is 0.706. The molecule has 3 nitrogen and oxygen atoms in total. The summed E-state index contributed by atoms with van der Waals surface area (Å²) in [6, 6.07) is 2.04. The second-order valence-corrected chi connectivity index (χ2v) is 7.13. The van der Waals surface area contributed by atoms with Crippen molar-refractivity contribution in [3.8, 4) is 0 Å². The summed E-state index contributed by atoms with van der Waals surface area (Å²) in [7, 11) is 1.84. The molecule has 0 aliphatic heterocycles. The third-order valence-corrected chi connectivity index (χ3v) is 5.70. The molecule has 2 atom stereocenters. The molecular weight excluding hydrogens is 282 g/mol. The predicted molar refractivity (Wildman–Crippen MR) is 88.0 cm³/mol. The van der Waals surface area contributed by atoms with E-state index in [2.05, 4.69) is 19.9 Å². The normalized spacial score (nSPS) is 22.3. The van der Waals surface area contributed by atoms with E-state index in [1.165, 1.54) is 10.4 Å². The van der Waals surface area contributed by atoms with Gasteiger partial charge >= 0.3 is 0 Å². The number of amides is 1. The molecule has 4 heteroatoms. The fourth-order valence-electron chi connectivity index (χ4n) is 3.18. The number of aliphatic hydroxyl groups excluding tert-OH is 1. The van der Waals surface area contributed by atoms with Crippen LogP contribution in [0.25, 0.3) is 0 Å². The summed E-state index contributed by atoms with van der Waals surface area (Å²) in [6.45, 7) is 4.31. The van der Waals surface area contributed by atoms with Crippen LogP contribution in [0.1, 0.15) is 66.1 Å². The lowest BCUT2D eigenvalue weighted by Gasteiger charge is -2.35. The molecule has 118 valence electrons. The molecule has 1 aromatic heterocycles. The van der Waals surface area contributed by atoms with Crippen LogP contribution in [0.5, 0.6) is 0 Å². The second-order valence-electron chi connectivity index (χ2n) is 6.00. The molecule has 2 unspecified atom stereocenters. The van der Waals surface area contributed by atoms with E-state index in [0.717, 1.165) is 49.8 Å². The number of thiophene rings is 1. The van der Waals surface area contributed by atoms with E-state index < -0.39 is 0 Å². The SMILES string of the molecule is CCCc1sc(C(=O)N(C)C2CCCCC2O)cc1CC. The van der Waals surface area contributed by atoms with Gasteiger partial charge in [-0.3, -0.25) is 4.79 Å². The largest absolute Gasteiger partial charge is 0.391 e. The third-order valence-electron chi connectivity index (χ3n) is 4.48. The Labute approximate surface area is 132 Å². The van der Waals surface area contributed by atoms with Crippen LogP contribution >= 0.6 is 11.3 Å². The molecule has 1 aromatic rings. The van der Waals surface area contributed by atoms with Crippen LogP contribution in [-0.4, -0.2) is 35.1 Å². The van der Waals surface area contributed by atoms with Gasteiger partial charge in [0.25, 0.3) is 5.91 Å². The highest BCUT2D eigenvalue weighted by Crippen LogP contribution is 2.28. The summed E-state index contributed by atoms with van der Waals surface area (Å²) in [6.07, 6.45) is 6.67. The lowest BCUT2D eigenvalue weighted by Crippen LogP contribution is -2.46. The molecular formula is C17H27NO2S. The summed E-state index contributed by atoms with van der Waals surface area (Å²) in [4.78, 5) is 16.6. The molecule has 0 saturated heterocycles. The maximum absolute atomic E-state index is 12.7. The van der Waals surface area contributed by atoms with Gasteiger partial charge in [-0.05, 0) is 37.3 Å². The maximum atomic E-state index is 12.7. The van der Waals surface area contributed by atoms with Crippen molar-refractivity contribution >= 4 is 17.2 Å². The Bertz CT molecular complexity index is 483. The first-order valence-electron chi connectivity index (χ1n) is 8.15. The number of nitrogens with zero attached hydrogens (tertiary/aromatic N) is 1. The van der Waals surface area contributed by atoms with Crippen molar-refractivity contribution < 1.29 is 9.90 Å². The first-order valence-corrected chi connectivity index (χ1v) is 8.96. The smallest absolute Gasteiger partial charge is 0.264 e. The molecule has 0 bridgehead atoms. The minimum Gasteiger partial charge on any atom is -0.391 e. The number of rotatable bonds is 5. The average molecular weight is 309 g/mol. The van der Waals surface area contributed by atoms with Crippen LogP contribution in [-0.2, 0) is 12.8 Å². The Balaban J connectivity index is 2.14. The van der Waals surface area contributed by atoms with Gasteiger partial charge in [-0.1, -0.05) is 33.1 Å². The van der Waals surface area contributed by atoms with Gasteiger partial charge in [0, 0.05) is 11.9 Å². The monoisotopic (exact) mass is 309 g/mol. The topological polar surface area (TPSA) is 40.5 Å². The summed E-state index contributed by atoms with van der Waals surface area (Å²) >= 11 is 1.64. The predicted octanol–water partition coefficient (Wildman–Crippen LogP) is 3.64. The van der Waals surface area contributed by atoms with E-state index in [4.69, 9.17) is 0 Å². The van der Waals surface area contributed by atoms with Gasteiger partial charge < -0.3 is 10.0 Å². The first-order chi connectivity index (χ1) is 10.1. The highest BCUT2D eigenvalue weighted by Gasteiger charge is 2.30. The van der Waals surface area contributed by atoms with Gasteiger partial charge in [0.2, 0.25) is 0 Å². The highest BCUT2D eigenvalue weighted by atomic mass is 32.1. The molecule has 1 aliphatic carbocycles. The fourth-order valence-corrected chi connectivity index (χ4v) is 4.52. The van der Waals surface area contributed by atoms with E-state index >= 15 is 0 Å². The average Bonchev–Trinajstić information content (AvgIpc) is 2.90. The Kier molecular flexibility index (Phi) is 5.82. The number of carbonyl (C=O) groups is 1. The summed E-state index contributed by atoms with van der Waals surface area (Å²) in [5.41, 5.74) is 1.31. The Hall–Kier alpha value is -0.870. The molecule has 1 aliphatic rings. The molecule has 0 spiro atoms. The molecule has 1 heterocycles. The van der Waals surface area contributed by atoms with Gasteiger partial charge in [0.1, 0.15) is 0 Å². The lowest BCUT2D eigenvalue weighted by molar-refractivity contribution is 0.0271. The summed E-state index contributed by atoms with van der Waals surface area (Å²) < 4.78 is 0. The van der Waals surface area contributed by atoms with Crippen LogP contribution in [0.2, 0.25) is 0 Å². The number of likely N-dealkylation sites (N-methyl/N-ethyl adjacent to an activating group) is 1. The van der Waals surface area contributed by atoms with Crippen molar-refractivity contribution in [2.45, 2.75) is 70.9 Å². The van der Waals surface area contributed by atoms with E-state index in [0.29, 0.717) is 0 Å². The summed E-state index contributed by atoms with van der Waals surface area (Å²) in [5, 5.41) is 10.1. The van der Waals surface area contributed by atoms with Crippen molar-refractivity contribution in [2.24, 2.45) is 0 Å². The molecule has 1 fully saturated rings. The van der Waals surface area contributed by atoms with E-state index in [9.17, 15) is 9.90 Å². The minimum absolute atomic E-state index is 0.0203. The van der Waals surface area contributed by atoms with E-state index in [-0.39, 0.29) is 18.1 Å². The quantitative estimate of drug-likeness (QED) is 0.902. The summed E-state index contributed by atoms with van der Waals surface area (Å²) in [5.74, 6) is 0.0722. The maximum Gasteiger partial charge on any atom is 0.264 e. The zero-order chi connectivity index (χ0) is 15.4.